The highest BCUT2D eigenvalue weighted by Crippen LogP contribution is 2.27. The summed E-state index contributed by atoms with van der Waals surface area (Å²) < 4.78 is 20.9. The molecule has 0 unspecified atom stereocenters. The molecule has 4 rings (SSSR count). The molecule has 0 aliphatic rings. The first-order chi connectivity index (χ1) is 14.8. The average Bonchev–Trinajstić information content (AvgIpc) is 3.19. The third-order valence-electron chi connectivity index (χ3n) is 4.92. The van der Waals surface area contributed by atoms with Gasteiger partial charge in [-0.2, -0.15) is 5.10 Å². The first-order valence-corrected chi connectivity index (χ1v) is 9.88. The lowest BCUT2D eigenvalue weighted by atomic mass is 9.93. The topological polar surface area (TPSA) is 68.5 Å². The van der Waals surface area contributed by atoms with Crippen LogP contribution in [0.25, 0.3) is 16.9 Å². The van der Waals surface area contributed by atoms with Gasteiger partial charge in [-0.25, -0.2) is 13.9 Å². The van der Waals surface area contributed by atoms with Crippen molar-refractivity contribution in [3.05, 3.63) is 77.9 Å². The summed E-state index contributed by atoms with van der Waals surface area (Å²) in [4.78, 5) is 17.9. The Morgan fingerprint density at radius 1 is 1.06 bits per heavy atom. The number of nitrogens with one attached hydrogen (secondary N) is 1. The van der Waals surface area contributed by atoms with E-state index in [0.29, 0.717) is 17.1 Å². The molecular formula is C24H23FN4O2. The van der Waals surface area contributed by atoms with Crippen LogP contribution in [0.4, 0.5) is 10.1 Å². The zero-order valence-corrected chi connectivity index (χ0v) is 17.8. The summed E-state index contributed by atoms with van der Waals surface area (Å²) in [6.07, 6.45) is 0. The Labute approximate surface area is 179 Å². The number of hydrogen-bond donors (Lipinski definition) is 1. The molecule has 2 heterocycles. The molecule has 158 valence electrons. The van der Waals surface area contributed by atoms with Crippen LogP contribution in [0.2, 0.25) is 0 Å². The van der Waals surface area contributed by atoms with Crippen molar-refractivity contribution in [3.8, 4) is 17.0 Å². The van der Waals surface area contributed by atoms with Gasteiger partial charge in [-0.15, -0.1) is 0 Å². The zero-order chi connectivity index (χ0) is 22.2. The third-order valence-corrected chi connectivity index (χ3v) is 4.92. The number of halogens is 1. The molecule has 0 bridgehead atoms. The van der Waals surface area contributed by atoms with E-state index in [1.807, 2.05) is 51.1 Å². The average molecular weight is 418 g/mol. The quantitative estimate of drug-likeness (QED) is 0.501. The summed E-state index contributed by atoms with van der Waals surface area (Å²) in [6, 6.07) is 17.0. The fourth-order valence-corrected chi connectivity index (χ4v) is 3.18. The molecule has 31 heavy (non-hydrogen) atoms. The van der Waals surface area contributed by atoms with E-state index in [2.05, 4.69) is 10.4 Å². The number of benzene rings is 2. The number of carbonyl (C=O) groups excluding carboxylic acids is 1. The van der Waals surface area contributed by atoms with Gasteiger partial charge >= 0.3 is 0 Å². The number of nitrogens with zero attached hydrogens (tertiary/aromatic N) is 3. The van der Waals surface area contributed by atoms with Gasteiger partial charge < -0.3 is 10.1 Å². The van der Waals surface area contributed by atoms with Gasteiger partial charge in [0.1, 0.15) is 17.3 Å². The first kappa shape index (κ1) is 20.5. The Balaban J connectivity index is 1.87. The van der Waals surface area contributed by atoms with Gasteiger partial charge in [0.2, 0.25) is 0 Å². The minimum Gasteiger partial charge on any atom is -0.497 e. The van der Waals surface area contributed by atoms with Crippen LogP contribution >= 0.6 is 0 Å². The van der Waals surface area contributed by atoms with Crippen molar-refractivity contribution < 1.29 is 13.9 Å². The molecule has 2 aromatic carbocycles. The highest BCUT2D eigenvalue weighted by Gasteiger charge is 2.22. The largest absolute Gasteiger partial charge is 0.497 e. The second kappa shape index (κ2) is 7.83. The van der Waals surface area contributed by atoms with Crippen molar-refractivity contribution in [3.63, 3.8) is 0 Å². The van der Waals surface area contributed by atoms with Crippen LogP contribution < -0.4 is 10.1 Å². The number of hydrogen-bond acceptors (Lipinski definition) is 4. The number of fused-ring (bicyclic) bond motifs is 1. The highest BCUT2D eigenvalue weighted by atomic mass is 19.1. The zero-order valence-electron chi connectivity index (χ0n) is 17.8. The number of anilines is 1. The van der Waals surface area contributed by atoms with Crippen molar-refractivity contribution >= 4 is 17.2 Å². The molecular weight excluding hydrogens is 395 g/mol. The fourth-order valence-electron chi connectivity index (χ4n) is 3.18. The Bertz CT molecular complexity index is 1270. The molecule has 7 heteroatoms. The molecule has 4 aromatic rings. The summed E-state index contributed by atoms with van der Waals surface area (Å²) in [5, 5.41) is 7.25. The lowest BCUT2D eigenvalue weighted by Crippen LogP contribution is -2.19. The number of rotatable bonds is 4. The van der Waals surface area contributed by atoms with Gasteiger partial charge in [-0.3, -0.25) is 4.79 Å². The molecule has 0 spiro atoms. The normalized spacial score (nSPS) is 11.5. The number of ether oxygens (including phenoxy) is 1. The van der Waals surface area contributed by atoms with Gasteiger partial charge in [0, 0.05) is 17.0 Å². The lowest BCUT2D eigenvalue weighted by molar-refractivity contribution is 0.101. The second-order valence-corrected chi connectivity index (χ2v) is 8.24. The minimum atomic E-state index is -0.509. The molecule has 0 saturated carbocycles. The Morgan fingerprint density at radius 2 is 1.84 bits per heavy atom. The van der Waals surface area contributed by atoms with Crippen LogP contribution in [0.3, 0.4) is 0 Å². The standard InChI is InChI=1S/C24H23FN4O2/c1-24(2,3)21-14-22-26-19(15-8-7-9-16(12-15)31-4)13-20(29(22)28-21)23(30)27-18-11-6-5-10-17(18)25/h5-14H,1-4H3,(H,27,30). The molecule has 0 saturated heterocycles. The molecule has 1 N–H and O–H groups in total. The van der Waals surface area contributed by atoms with Crippen molar-refractivity contribution in [2.75, 3.05) is 12.4 Å². The van der Waals surface area contributed by atoms with Crippen LogP contribution in [0.5, 0.6) is 5.75 Å². The van der Waals surface area contributed by atoms with E-state index >= 15 is 0 Å². The van der Waals surface area contributed by atoms with Crippen LogP contribution in [0, 0.1) is 5.82 Å². The van der Waals surface area contributed by atoms with E-state index < -0.39 is 11.7 Å². The molecule has 1 amide bonds. The Morgan fingerprint density at radius 3 is 2.55 bits per heavy atom. The van der Waals surface area contributed by atoms with Crippen LogP contribution in [-0.2, 0) is 5.41 Å². The second-order valence-electron chi connectivity index (χ2n) is 8.24. The number of para-hydroxylation sites is 1. The molecule has 0 atom stereocenters. The maximum Gasteiger partial charge on any atom is 0.274 e. The Hall–Kier alpha value is -3.74. The summed E-state index contributed by atoms with van der Waals surface area (Å²) in [6.45, 7) is 6.12. The maximum atomic E-state index is 14.1. The van der Waals surface area contributed by atoms with E-state index in [1.165, 1.54) is 16.6 Å². The molecule has 0 aliphatic heterocycles. The van der Waals surface area contributed by atoms with Gasteiger partial charge in [0.15, 0.2) is 5.65 Å². The summed E-state index contributed by atoms with van der Waals surface area (Å²) in [7, 11) is 1.59. The van der Waals surface area contributed by atoms with E-state index in [4.69, 9.17) is 9.72 Å². The van der Waals surface area contributed by atoms with E-state index in [0.717, 1.165) is 11.3 Å². The van der Waals surface area contributed by atoms with E-state index in [-0.39, 0.29) is 16.8 Å². The number of methoxy groups -OCH3 is 1. The number of carbonyl (C=O) groups is 1. The number of aromatic nitrogens is 3. The maximum absolute atomic E-state index is 14.1. The van der Waals surface area contributed by atoms with Gasteiger partial charge in [0.05, 0.1) is 24.2 Å². The van der Waals surface area contributed by atoms with Crippen LogP contribution in [0.15, 0.2) is 60.7 Å². The van der Waals surface area contributed by atoms with Crippen molar-refractivity contribution in [2.24, 2.45) is 0 Å². The molecule has 0 aliphatic carbocycles. The summed E-state index contributed by atoms with van der Waals surface area (Å²) in [5.74, 6) is -0.310. The van der Waals surface area contributed by atoms with Gasteiger partial charge in [-0.1, -0.05) is 45.0 Å². The molecule has 2 aromatic heterocycles. The number of amides is 1. The summed E-state index contributed by atoms with van der Waals surface area (Å²) in [5.41, 5.74) is 2.82. The minimum absolute atomic E-state index is 0.101. The van der Waals surface area contributed by atoms with Gasteiger partial charge in [-0.05, 0) is 30.3 Å². The van der Waals surface area contributed by atoms with Crippen molar-refractivity contribution in [2.45, 2.75) is 26.2 Å². The third kappa shape index (κ3) is 4.12. The monoisotopic (exact) mass is 418 g/mol. The predicted octanol–water partition coefficient (Wildman–Crippen LogP) is 5.09. The lowest BCUT2D eigenvalue weighted by Gasteiger charge is -2.13. The SMILES string of the molecule is COc1cccc(-c2cc(C(=O)Nc3ccccc3F)n3nc(C(C)(C)C)cc3n2)c1. The first-order valence-electron chi connectivity index (χ1n) is 9.88. The molecule has 0 radical (unpaired) electrons. The van der Waals surface area contributed by atoms with Crippen LogP contribution in [-0.4, -0.2) is 27.6 Å². The Kier molecular flexibility index (Phi) is 5.19. The van der Waals surface area contributed by atoms with Crippen molar-refractivity contribution in [1.82, 2.24) is 14.6 Å². The van der Waals surface area contributed by atoms with E-state index in [1.54, 1.807) is 25.3 Å². The fraction of sp³-hybridized carbons (Fsp3) is 0.208. The molecule has 6 nitrogen and oxygen atoms in total. The predicted molar refractivity (Wildman–Crippen MR) is 118 cm³/mol. The van der Waals surface area contributed by atoms with Gasteiger partial charge in [0.25, 0.3) is 5.91 Å². The van der Waals surface area contributed by atoms with E-state index in [9.17, 15) is 9.18 Å². The highest BCUT2D eigenvalue weighted by molar-refractivity contribution is 6.04. The smallest absolute Gasteiger partial charge is 0.274 e. The van der Waals surface area contributed by atoms with Crippen LogP contribution in [0.1, 0.15) is 37.0 Å². The molecule has 0 fully saturated rings. The summed E-state index contributed by atoms with van der Waals surface area (Å²) >= 11 is 0. The van der Waals surface area contributed by atoms with Crippen molar-refractivity contribution in [1.29, 1.82) is 0 Å².